The Bertz CT molecular complexity index is 203. The Morgan fingerprint density at radius 3 is 2.00 bits per heavy atom. The van der Waals surface area contributed by atoms with Crippen LogP contribution in [0.5, 0.6) is 0 Å². The molecule has 0 aliphatic rings. The van der Waals surface area contributed by atoms with Crippen molar-refractivity contribution in [1.82, 2.24) is 0 Å². The van der Waals surface area contributed by atoms with E-state index in [9.17, 15) is 4.21 Å². The number of nitrogens with zero attached hydrogens (tertiary/aromatic N) is 1. The summed E-state index contributed by atoms with van der Waals surface area (Å²) in [4.78, 5) is 0. The van der Waals surface area contributed by atoms with Crippen molar-refractivity contribution in [2.24, 2.45) is 16.2 Å². The Morgan fingerprint density at radius 2 is 1.69 bits per heavy atom. The first kappa shape index (κ1) is 12.8. The molecule has 0 rings (SSSR count). The lowest BCUT2D eigenvalue weighted by molar-refractivity contribution is 0.541. The second-order valence-electron chi connectivity index (χ2n) is 4.72. The molecule has 0 aliphatic heterocycles. The van der Waals surface area contributed by atoms with Gasteiger partial charge in [-0.25, -0.2) is 4.21 Å². The van der Waals surface area contributed by atoms with Crippen molar-refractivity contribution in [3.05, 3.63) is 0 Å². The van der Waals surface area contributed by atoms with Gasteiger partial charge in [-0.3, -0.25) is 0 Å². The number of hydrogen-bond donors (Lipinski definition) is 0. The molecule has 3 heteroatoms. The second kappa shape index (κ2) is 4.89. The number of rotatable bonds is 3. The van der Waals surface area contributed by atoms with Crippen LogP contribution in [0.1, 0.15) is 41.5 Å². The fraction of sp³-hybridized carbons (Fsp3) is 0.900. The van der Waals surface area contributed by atoms with Crippen molar-refractivity contribution in [3.63, 3.8) is 0 Å². The van der Waals surface area contributed by atoms with Gasteiger partial charge in [-0.05, 0) is 32.6 Å². The normalized spacial score (nSPS) is 18.1. The average Bonchev–Trinajstić information content (AvgIpc) is 1.97. The first-order valence-corrected chi connectivity index (χ1v) is 5.82. The van der Waals surface area contributed by atoms with E-state index in [1.54, 1.807) is 0 Å². The minimum Gasteiger partial charge on any atom is -0.234 e. The van der Waals surface area contributed by atoms with Crippen LogP contribution in [0.15, 0.2) is 4.40 Å². The third-order valence-electron chi connectivity index (χ3n) is 1.97. The lowest BCUT2D eigenvalue weighted by Crippen LogP contribution is -2.20. The Labute approximate surface area is 84.4 Å². The highest BCUT2D eigenvalue weighted by molar-refractivity contribution is 7.85. The highest BCUT2D eigenvalue weighted by atomic mass is 32.2. The molecular formula is C10H21NOS. The molecule has 0 saturated carbocycles. The van der Waals surface area contributed by atoms with E-state index in [0.717, 1.165) is 0 Å². The first-order chi connectivity index (χ1) is 5.75. The van der Waals surface area contributed by atoms with Gasteiger partial charge in [-0.15, -0.1) is 0 Å². The maximum Gasteiger partial charge on any atom is 0.144 e. The highest BCUT2D eigenvalue weighted by Crippen LogP contribution is 2.13. The van der Waals surface area contributed by atoms with Gasteiger partial charge in [0.2, 0.25) is 0 Å². The lowest BCUT2D eigenvalue weighted by Gasteiger charge is -2.14. The van der Waals surface area contributed by atoms with Gasteiger partial charge in [0.15, 0.2) is 0 Å². The van der Waals surface area contributed by atoms with Crippen molar-refractivity contribution in [2.75, 3.05) is 0 Å². The van der Waals surface area contributed by atoms with Gasteiger partial charge in [0.1, 0.15) is 11.0 Å². The summed E-state index contributed by atoms with van der Waals surface area (Å²) in [6.45, 7) is 12.2. The Kier molecular flexibility index (Phi) is 4.82. The molecule has 0 spiro atoms. The summed E-state index contributed by atoms with van der Waals surface area (Å²) < 4.78 is 15.3. The quantitative estimate of drug-likeness (QED) is 0.649. The van der Waals surface area contributed by atoms with Crippen molar-refractivity contribution in [3.8, 4) is 0 Å². The molecule has 0 unspecified atom stereocenters. The molecule has 0 heterocycles. The molecule has 0 aromatic rings. The second-order valence-corrected chi connectivity index (χ2v) is 6.65. The van der Waals surface area contributed by atoms with Gasteiger partial charge < -0.3 is 0 Å². The van der Waals surface area contributed by atoms with Crippen LogP contribution < -0.4 is 0 Å². The summed E-state index contributed by atoms with van der Waals surface area (Å²) in [5.74, 6) is 0.951. The summed E-state index contributed by atoms with van der Waals surface area (Å²) >= 11 is 0. The van der Waals surface area contributed by atoms with Crippen molar-refractivity contribution in [2.45, 2.75) is 46.3 Å². The summed E-state index contributed by atoms with van der Waals surface area (Å²) in [6, 6.07) is 0. The van der Waals surface area contributed by atoms with Crippen LogP contribution in [-0.2, 0) is 11.0 Å². The van der Waals surface area contributed by atoms with Crippen molar-refractivity contribution in [1.29, 1.82) is 0 Å². The van der Waals surface area contributed by atoms with E-state index >= 15 is 0 Å². The Balaban J connectivity index is 4.21. The van der Waals surface area contributed by atoms with Crippen LogP contribution in [0.3, 0.4) is 0 Å². The summed E-state index contributed by atoms with van der Waals surface area (Å²) in [7, 11) is -1.11. The van der Waals surface area contributed by atoms with E-state index in [4.69, 9.17) is 0 Å². The molecule has 0 radical (unpaired) electrons. The third kappa shape index (κ3) is 5.19. The maximum atomic E-state index is 11.5. The van der Waals surface area contributed by atoms with Crippen LogP contribution in [0.25, 0.3) is 0 Å². The third-order valence-corrected chi connectivity index (χ3v) is 3.33. The highest BCUT2D eigenvalue weighted by Gasteiger charge is 2.18. The summed E-state index contributed by atoms with van der Waals surface area (Å²) in [5, 5.41) is 0. The first-order valence-electron chi connectivity index (χ1n) is 4.71. The van der Waals surface area contributed by atoms with Crippen molar-refractivity contribution < 1.29 is 4.21 Å². The molecule has 13 heavy (non-hydrogen) atoms. The predicted octanol–water partition coefficient (Wildman–Crippen LogP) is 2.81. The zero-order valence-corrected chi connectivity index (χ0v) is 10.3. The molecule has 2 atom stereocenters. The van der Waals surface area contributed by atoms with Gasteiger partial charge in [0, 0.05) is 6.21 Å². The SMILES string of the molecule is CC(C)[C@H](C)C=N[S@](=O)C(C)(C)C. The fourth-order valence-electron chi connectivity index (χ4n) is 0.482. The van der Waals surface area contributed by atoms with Crippen LogP contribution in [0, 0.1) is 11.8 Å². The monoisotopic (exact) mass is 203 g/mol. The average molecular weight is 203 g/mol. The lowest BCUT2D eigenvalue weighted by atomic mass is 10.0. The molecule has 0 aliphatic carbocycles. The molecule has 0 aromatic heterocycles. The largest absolute Gasteiger partial charge is 0.234 e. The van der Waals surface area contributed by atoms with E-state index in [2.05, 4.69) is 25.2 Å². The number of hydrogen-bond acceptors (Lipinski definition) is 1. The summed E-state index contributed by atoms with van der Waals surface area (Å²) in [5.41, 5.74) is 0. The van der Waals surface area contributed by atoms with Crippen LogP contribution in [0.2, 0.25) is 0 Å². The fourth-order valence-corrected chi connectivity index (χ4v) is 1.10. The van der Waals surface area contributed by atoms with Gasteiger partial charge in [0.05, 0.1) is 4.75 Å². The molecule has 2 nitrogen and oxygen atoms in total. The molecule has 0 fully saturated rings. The molecule has 78 valence electrons. The minimum atomic E-state index is -1.11. The summed E-state index contributed by atoms with van der Waals surface area (Å²) in [6.07, 6.45) is 1.81. The minimum absolute atomic E-state index is 0.243. The smallest absolute Gasteiger partial charge is 0.144 e. The van der Waals surface area contributed by atoms with Gasteiger partial charge in [-0.1, -0.05) is 20.8 Å². The standard InChI is InChI=1S/C10H21NOS/c1-8(2)9(3)7-11-13(12)10(4,5)6/h7-9H,1-6H3/t9-,13-/m1/s1. The van der Waals surface area contributed by atoms with E-state index in [-0.39, 0.29) is 4.75 Å². The molecule has 0 saturated heterocycles. The Hall–Kier alpha value is -0.180. The van der Waals surface area contributed by atoms with E-state index < -0.39 is 11.0 Å². The van der Waals surface area contributed by atoms with E-state index in [1.807, 2.05) is 27.0 Å². The molecule has 0 amide bonds. The van der Waals surface area contributed by atoms with Gasteiger partial charge >= 0.3 is 0 Å². The van der Waals surface area contributed by atoms with Gasteiger partial charge in [-0.2, -0.15) is 4.40 Å². The van der Waals surface area contributed by atoms with Crippen LogP contribution in [-0.4, -0.2) is 15.2 Å². The topological polar surface area (TPSA) is 29.4 Å². The zero-order valence-electron chi connectivity index (χ0n) is 9.50. The van der Waals surface area contributed by atoms with E-state index in [1.165, 1.54) is 0 Å². The van der Waals surface area contributed by atoms with Crippen LogP contribution >= 0.6 is 0 Å². The van der Waals surface area contributed by atoms with E-state index in [0.29, 0.717) is 11.8 Å². The maximum absolute atomic E-state index is 11.5. The zero-order chi connectivity index (χ0) is 10.6. The molecular weight excluding hydrogens is 182 g/mol. The van der Waals surface area contributed by atoms with Gasteiger partial charge in [0.25, 0.3) is 0 Å². The molecule has 0 aromatic carbocycles. The Morgan fingerprint density at radius 1 is 1.23 bits per heavy atom. The van der Waals surface area contributed by atoms with Crippen LogP contribution in [0.4, 0.5) is 0 Å². The van der Waals surface area contributed by atoms with Crippen molar-refractivity contribution >= 4 is 17.2 Å². The predicted molar refractivity (Wildman–Crippen MR) is 60.4 cm³/mol. The molecule has 0 bridgehead atoms. The molecule has 0 N–H and O–H groups in total.